The van der Waals surface area contributed by atoms with E-state index in [1.807, 2.05) is 42.5 Å². The highest BCUT2D eigenvalue weighted by molar-refractivity contribution is 7.99. The zero-order valence-electron chi connectivity index (χ0n) is 13.6. The largest absolute Gasteiger partial charge is 0.420 e. The van der Waals surface area contributed by atoms with Gasteiger partial charge in [-0.2, -0.15) is 0 Å². The van der Waals surface area contributed by atoms with Gasteiger partial charge in [-0.3, -0.25) is 0 Å². The molecule has 2 aromatic carbocycles. The third-order valence-corrected chi connectivity index (χ3v) is 5.02. The fourth-order valence-corrected chi connectivity index (χ4v) is 3.57. The van der Waals surface area contributed by atoms with Crippen LogP contribution >= 0.6 is 11.8 Å². The Morgan fingerprint density at radius 3 is 2.48 bits per heavy atom. The van der Waals surface area contributed by atoms with Gasteiger partial charge in [0.15, 0.2) is 0 Å². The van der Waals surface area contributed by atoms with E-state index < -0.39 is 6.23 Å². The number of hydrogen-bond acceptors (Lipinski definition) is 4. The number of hydrogen-bond donors (Lipinski definition) is 0. The van der Waals surface area contributed by atoms with Crippen molar-refractivity contribution in [1.29, 1.82) is 0 Å². The van der Waals surface area contributed by atoms with Crippen LogP contribution in [0.4, 0.5) is 10.5 Å². The van der Waals surface area contributed by atoms with Gasteiger partial charge >= 0.3 is 6.09 Å². The zero-order chi connectivity index (χ0) is 17.2. The minimum atomic E-state index is -0.448. The van der Waals surface area contributed by atoms with E-state index in [1.165, 1.54) is 5.56 Å². The molecule has 0 N–H and O–H groups in total. The summed E-state index contributed by atoms with van der Waals surface area (Å²) in [5.74, 6) is 0. The molecule has 4 rings (SSSR count). The van der Waals surface area contributed by atoms with Gasteiger partial charge in [-0.1, -0.05) is 47.7 Å². The van der Waals surface area contributed by atoms with Gasteiger partial charge in [0.1, 0.15) is 5.03 Å². The Balaban J connectivity index is 1.65. The number of ether oxygens (including phenoxy) is 1. The summed E-state index contributed by atoms with van der Waals surface area (Å²) in [4.78, 5) is 19.2. The second kappa shape index (κ2) is 6.61. The summed E-state index contributed by atoms with van der Waals surface area (Å²) in [7, 11) is 0. The van der Waals surface area contributed by atoms with Gasteiger partial charge in [-0.15, -0.1) is 0 Å². The van der Waals surface area contributed by atoms with Crippen LogP contribution in [0.2, 0.25) is 0 Å². The van der Waals surface area contributed by atoms with Gasteiger partial charge in [0.05, 0.1) is 5.69 Å². The molecule has 1 saturated heterocycles. The standard InChI is InChI=1S/C20H16N2O2S/c1-14-9-11-16(12-10-14)25-18-17(8-5-13-21-18)19-22(20(23)24-19)15-6-3-2-4-7-15/h2-13,19H,1H3. The Bertz CT molecular complexity index is 897. The van der Waals surface area contributed by atoms with Crippen molar-refractivity contribution in [2.75, 3.05) is 4.90 Å². The van der Waals surface area contributed by atoms with E-state index in [9.17, 15) is 4.79 Å². The number of anilines is 1. The van der Waals surface area contributed by atoms with Crippen LogP contribution in [0, 0.1) is 6.92 Å². The van der Waals surface area contributed by atoms with Gasteiger partial charge in [0.25, 0.3) is 0 Å². The molecule has 4 nitrogen and oxygen atoms in total. The van der Waals surface area contributed by atoms with E-state index in [1.54, 1.807) is 22.9 Å². The lowest BCUT2D eigenvalue weighted by Crippen LogP contribution is -2.48. The van der Waals surface area contributed by atoms with Gasteiger partial charge in [0.2, 0.25) is 6.23 Å². The predicted molar refractivity (Wildman–Crippen MR) is 97.7 cm³/mol. The van der Waals surface area contributed by atoms with Crippen molar-refractivity contribution in [3.63, 3.8) is 0 Å². The number of pyridine rings is 1. The summed E-state index contributed by atoms with van der Waals surface area (Å²) in [5.41, 5.74) is 2.92. The molecule has 25 heavy (non-hydrogen) atoms. The number of benzene rings is 2. The molecule has 0 aliphatic carbocycles. The predicted octanol–water partition coefficient (Wildman–Crippen LogP) is 5.20. The SMILES string of the molecule is Cc1ccc(Sc2ncccc2C2OC(=O)N2c2ccccc2)cc1. The maximum Gasteiger partial charge on any atom is 0.419 e. The molecule has 0 radical (unpaired) electrons. The maximum atomic E-state index is 12.0. The normalized spacial score (nSPS) is 16.3. The average molecular weight is 348 g/mol. The van der Waals surface area contributed by atoms with Crippen LogP contribution in [0.25, 0.3) is 0 Å². The van der Waals surface area contributed by atoms with Crippen LogP contribution in [0.15, 0.2) is 82.8 Å². The monoisotopic (exact) mass is 348 g/mol. The molecule has 1 amide bonds. The zero-order valence-corrected chi connectivity index (χ0v) is 14.4. The molecule has 0 spiro atoms. The molecule has 0 saturated carbocycles. The number of cyclic esters (lactones) is 1. The molecule has 2 heterocycles. The molecule has 0 bridgehead atoms. The number of carbonyl (C=O) groups excluding carboxylic acids is 1. The first-order valence-corrected chi connectivity index (χ1v) is 8.78. The van der Waals surface area contributed by atoms with Gasteiger partial charge < -0.3 is 4.74 Å². The van der Waals surface area contributed by atoms with Crippen LogP contribution < -0.4 is 4.90 Å². The summed E-state index contributed by atoms with van der Waals surface area (Å²) in [6.45, 7) is 2.06. The molecular formula is C20H16N2O2S. The second-order valence-corrected chi connectivity index (χ2v) is 6.82. The van der Waals surface area contributed by atoms with Crippen molar-refractivity contribution < 1.29 is 9.53 Å². The van der Waals surface area contributed by atoms with Gasteiger partial charge in [-0.05, 0) is 43.3 Å². The van der Waals surface area contributed by atoms with Crippen molar-refractivity contribution in [3.8, 4) is 0 Å². The minimum Gasteiger partial charge on any atom is -0.420 e. The van der Waals surface area contributed by atoms with Gasteiger partial charge in [-0.25, -0.2) is 14.7 Å². The average Bonchev–Trinajstić information content (AvgIpc) is 2.63. The molecule has 1 fully saturated rings. The number of carbonyl (C=O) groups is 1. The summed E-state index contributed by atoms with van der Waals surface area (Å²) >= 11 is 1.57. The maximum absolute atomic E-state index is 12.0. The molecule has 1 aromatic heterocycles. The first-order chi connectivity index (χ1) is 12.2. The topological polar surface area (TPSA) is 42.4 Å². The summed E-state index contributed by atoms with van der Waals surface area (Å²) in [5, 5.41) is 0.838. The molecular weight excluding hydrogens is 332 g/mol. The quantitative estimate of drug-likeness (QED) is 0.650. The first kappa shape index (κ1) is 15.7. The Morgan fingerprint density at radius 2 is 1.76 bits per heavy atom. The molecule has 5 heteroatoms. The third kappa shape index (κ3) is 3.10. The minimum absolute atomic E-state index is 0.341. The lowest BCUT2D eigenvalue weighted by Gasteiger charge is -2.40. The van der Waals surface area contributed by atoms with Crippen molar-refractivity contribution >= 4 is 23.5 Å². The lowest BCUT2D eigenvalue weighted by molar-refractivity contribution is 0.0412. The Hall–Kier alpha value is -2.79. The smallest absolute Gasteiger partial charge is 0.419 e. The van der Waals surface area contributed by atoms with Crippen LogP contribution in [0.1, 0.15) is 17.4 Å². The number of aromatic nitrogens is 1. The number of rotatable bonds is 4. The number of aryl methyl sites for hydroxylation is 1. The van der Waals surface area contributed by atoms with Crippen molar-refractivity contribution in [3.05, 3.63) is 84.1 Å². The second-order valence-electron chi connectivity index (χ2n) is 5.75. The van der Waals surface area contributed by atoms with Crippen LogP contribution in [-0.4, -0.2) is 11.1 Å². The van der Waals surface area contributed by atoms with E-state index in [-0.39, 0.29) is 6.09 Å². The number of para-hydroxylation sites is 1. The van der Waals surface area contributed by atoms with E-state index in [2.05, 4.69) is 36.2 Å². The lowest BCUT2D eigenvalue weighted by atomic mass is 10.2. The highest BCUT2D eigenvalue weighted by atomic mass is 32.2. The number of amides is 1. The fourth-order valence-electron chi connectivity index (χ4n) is 2.68. The van der Waals surface area contributed by atoms with E-state index >= 15 is 0 Å². The third-order valence-electron chi connectivity index (χ3n) is 3.98. The summed E-state index contributed by atoms with van der Waals surface area (Å²) in [6.07, 6.45) is 0.968. The highest BCUT2D eigenvalue weighted by Gasteiger charge is 2.42. The van der Waals surface area contributed by atoms with Crippen molar-refractivity contribution in [2.24, 2.45) is 0 Å². The van der Waals surface area contributed by atoms with Crippen molar-refractivity contribution in [2.45, 2.75) is 23.1 Å². The first-order valence-electron chi connectivity index (χ1n) is 7.97. The molecule has 1 atom stereocenters. The van der Waals surface area contributed by atoms with Crippen LogP contribution in [0.5, 0.6) is 0 Å². The number of nitrogens with zero attached hydrogens (tertiary/aromatic N) is 2. The molecule has 1 unspecified atom stereocenters. The van der Waals surface area contributed by atoms with Crippen molar-refractivity contribution in [1.82, 2.24) is 4.98 Å². The fraction of sp³-hybridized carbons (Fsp3) is 0.100. The molecule has 3 aromatic rings. The van der Waals surface area contributed by atoms with E-state index in [0.29, 0.717) is 0 Å². The van der Waals surface area contributed by atoms with Gasteiger partial charge in [0, 0.05) is 16.7 Å². The van der Waals surface area contributed by atoms with E-state index in [0.717, 1.165) is 21.2 Å². The summed E-state index contributed by atoms with van der Waals surface area (Å²) < 4.78 is 5.42. The van der Waals surface area contributed by atoms with Crippen LogP contribution in [-0.2, 0) is 4.74 Å². The Morgan fingerprint density at radius 1 is 1.00 bits per heavy atom. The Labute approximate surface area is 150 Å². The summed E-state index contributed by atoms with van der Waals surface area (Å²) in [6, 6.07) is 21.6. The van der Waals surface area contributed by atoms with E-state index in [4.69, 9.17) is 4.74 Å². The highest BCUT2D eigenvalue weighted by Crippen LogP contribution is 2.41. The molecule has 1 aliphatic heterocycles. The Kier molecular flexibility index (Phi) is 4.15. The van der Waals surface area contributed by atoms with Crippen LogP contribution in [0.3, 0.4) is 0 Å². The molecule has 124 valence electrons. The molecule has 1 aliphatic rings.